The quantitative estimate of drug-likeness (QED) is 0.726. The van der Waals surface area contributed by atoms with Gasteiger partial charge in [0.05, 0.1) is 5.56 Å². The monoisotopic (exact) mass is 365 g/mol. The third kappa shape index (κ3) is 4.68. The van der Waals surface area contributed by atoms with E-state index in [-0.39, 0.29) is 23.0 Å². The number of rotatable bonds is 4. The number of carbonyl (C=O) groups excluding carboxylic acids is 1. The van der Waals surface area contributed by atoms with Crippen LogP contribution in [-0.2, 0) is 4.79 Å². The highest BCUT2D eigenvalue weighted by molar-refractivity contribution is 5.91. The summed E-state index contributed by atoms with van der Waals surface area (Å²) in [6, 6.07) is 8.89. The zero-order valence-electron chi connectivity index (χ0n) is 14.0. The first-order valence-corrected chi connectivity index (χ1v) is 8.34. The van der Waals surface area contributed by atoms with E-state index in [0.717, 1.165) is 32.4 Å². The highest BCUT2D eigenvalue weighted by atomic mass is 19.4. The van der Waals surface area contributed by atoms with Crippen LogP contribution in [0.2, 0.25) is 0 Å². The first kappa shape index (κ1) is 18.1. The summed E-state index contributed by atoms with van der Waals surface area (Å²) in [7, 11) is 0. The minimum atomic E-state index is -4.79. The molecule has 1 amide bonds. The van der Waals surface area contributed by atoms with Crippen LogP contribution in [0.25, 0.3) is 17.4 Å². The van der Waals surface area contributed by atoms with Gasteiger partial charge in [-0.2, -0.15) is 0 Å². The van der Waals surface area contributed by atoms with Crippen LogP contribution < -0.4 is 4.74 Å². The van der Waals surface area contributed by atoms with Crippen LogP contribution in [0.4, 0.5) is 13.2 Å². The molecule has 0 saturated carbocycles. The van der Waals surface area contributed by atoms with Gasteiger partial charge >= 0.3 is 6.36 Å². The highest BCUT2D eigenvalue weighted by Gasteiger charge is 2.32. The van der Waals surface area contributed by atoms with Gasteiger partial charge in [0.1, 0.15) is 17.3 Å². The largest absolute Gasteiger partial charge is 0.573 e. The molecular weight excluding hydrogens is 347 g/mol. The Hall–Kier alpha value is -2.70. The Kier molecular flexibility index (Phi) is 5.35. The standard InChI is InChI=1S/C19H18F3NO3/c20-19(21,22)26-17-7-3-2-6-15(17)16-10-8-14(25-16)9-11-18(24)23-12-4-1-5-13-23/h2-3,6-11H,1,4-5,12-13H2. The number of piperidine rings is 1. The van der Waals surface area contributed by atoms with Crippen molar-refractivity contribution < 1.29 is 27.1 Å². The number of hydrogen-bond donors (Lipinski definition) is 0. The van der Waals surface area contributed by atoms with Crippen LogP contribution in [0.1, 0.15) is 25.0 Å². The van der Waals surface area contributed by atoms with E-state index in [2.05, 4.69) is 4.74 Å². The third-order valence-corrected chi connectivity index (χ3v) is 4.06. The Morgan fingerprint density at radius 1 is 1.08 bits per heavy atom. The van der Waals surface area contributed by atoms with E-state index < -0.39 is 6.36 Å². The molecule has 0 spiro atoms. The van der Waals surface area contributed by atoms with Crippen molar-refractivity contribution in [2.45, 2.75) is 25.6 Å². The Balaban J connectivity index is 1.74. The van der Waals surface area contributed by atoms with Crippen LogP contribution in [0.15, 0.2) is 46.9 Å². The molecular formula is C19H18F3NO3. The molecule has 138 valence electrons. The summed E-state index contributed by atoms with van der Waals surface area (Å²) >= 11 is 0. The van der Waals surface area contributed by atoms with E-state index in [0.29, 0.717) is 5.76 Å². The topological polar surface area (TPSA) is 42.7 Å². The van der Waals surface area contributed by atoms with Gasteiger partial charge in [-0.1, -0.05) is 12.1 Å². The van der Waals surface area contributed by atoms with Gasteiger partial charge in [-0.15, -0.1) is 13.2 Å². The first-order valence-electron chi connectivity index (χ1n) is 8.34. The SMILES string of the molecule is O=C(C=Cc1ccc(-c2ccccc2OC(F)(F)F)o1)N1CCCCC1. The van der Waals surface area contributed by atoms with Crippen molar-refractivity contribution in [2.75, 3.05) is 13.1 Å². The van der Waals surface area contributed by atoms with Crippen molar-refractivity contribution in [3.63, 3.8) is 0 Å². The number of nitrogens with zero attached hydrogens (tertiary/aromatic N) is 1. The van der Waals surface area contributed by atoms with Gasteiger partial charge in [0.2, 0.25) is 5.91 Å². The molecule has 1 fully saturated rings. The summed E-state index contributed by atoms with van der Waals surface area (Å²) in [5, 5.41) is 0. The average molecular weight is 365 g/mol. The second kappa shape index (κ2) is 7.68. The van der Waals surface area contributed by atoms with Crippen molar-refractivity contribution in [3.8, 4) is 17.1 Å². The van der Waals surface area contributed by atoms with Gasteiger partial charge in [0.15, 0.2) is 0 Å². The Labute approximate surface area is 148 Å². The molecule has 1 aliphatic rings. The molecule has 1 aromatic heterocycles. The summed E-state index contributed by atoms with van der Waals surface area (Å²) < 4.78 is 47.2. The van der Waals surface area contributed by atoms with E-state index in [1.165, 1.54) is 30.4 Å². The maximum absolute atomic E-state index is 12.5. The number of hydrogen-bond acceptors (Lipinski definition) is 3. The van der Waals surface area contributed by atoms with Crippen molar-refractivity contribution in [1.29, 1.82) is 0 Å². The summed E-state index contributed by atoms with van der Waals surface area (Å²) in [4.78, 5) is 13.9. The molecule has 7 heteroatoms. The predicted octanol–water partition coefficient (Wildman–Crippen LogP) is 4.87. The molecule has 1 aromatic carbocycles. The van der Waals surface area contributed by atoms with Crippen molar-refractivity contribution in [3.05, 3.63) is 48.2 Å². The molecule has 26 heavy (non-hydrogen) atoms. The molecule has 3 rings (SSSR count). The molecule has 0 aliphatic carbocycles. The van der Waals surface area contributed by atoms with E-state index in [4.69, 9.17) is 4.42 Å². The van der Waals surface area contributed by atoms with Crippen LogP contribution >= 0.6 is 0 Å². The summed E-state index contributed by atoms with van der Waals surface area (Å²) in [6.45, 7) is 1.49. The van der Waals surface area contributed by atoms with Crippen LogP contribution in [0.5, 0.6) is 5.75 Å². The smallest absolute Gasteiger partial charge is 0.457 e. The molecule has 2 aromatic rings. The zero-order chi connectivity index (χ0) is 18.6. The number of carbonyl (C=O) groups is 1. The van der Waals surface area contributed by atoms with Gasteiger partial charge in [-0.3, -0.25) is 4.79 Å². The number of amides is 1. The first-order chi connectivity index (χ1) is 12.4. The second-order valence-corrected chi connectivity index (χ2v) is 5.97. The Bertz CT molecular complexity index is 789. The maximum atomic E-state index is 12.5. The summed E-state index contributed by atoms with van der Waals surface area (Å²) in [5.41, 5.74) is 0.187. The lowest BCUT2D eigenvalue weighted by Gasteiger charge is -2.25. The fraction of sp³-hybridized carbons (Fsp3) is 0.316. The van der Waals surface area contributed by atoms with Crippen molar-refractivity contribution in [1.82, 2.24) is 4.90 Å². The molecule has 0 atom stereocenters. The molecule has 0 radical (unpaired) electrons. The molecule has 4 nitrogen and oxygen atoms in total. The normalized spacial score (nSPS) is 15.4. The number of furan rings is 1. The summed E-state index contributed by atoms with van der Waals surface area (Å²) in [5.74, 6) is 0.180. The van der Waals surface area contributed by atoms with Gasteiger partial charge in [0, 0.05) is 19.2 Å². The number of ether oxygens (including phenoxy) is 1. The number of halogens is 3. The van der Waals surface area contributed by atoms with Gasteiger partial charge < -0.3 is 14.1 Å². The molecule has 2 heterocycles. The minimum absolute atomic E-state index is 0.0940. The summed E-state index contributed by atoms with van der Waals surface area (Å²) in [6.07, 6.45) is 1.29. The number of alkyl halides is 3. The number of benzene rings is 1. The molecule has 0 unspecified atom stereocenters. The second-order valence-electron chi connectivity index (χ2n) is 5.97. The number of likely N-dealkylation sites (tertiary alicyclic amines) is 1. The lowest BCUT2D eigenvalue weighted by atomic mass is 10.1. The van der Waals surface area contributed by atoms with Crippen LogP contribution in [-0.4, -0.2) is 30.3 Å². The zero-order valence-corrected chi connectivity index (χ0v) is 14.0. The van der Waals surface area contributed by atoms with Gasteiger partial charge in [-0.05, 0) is 49.6 Å². The minimum Gasteiger partial charge on any atom is -0.457 e. The Morgan fingerprint density at radius 2 is 1.81 bits per heavy atom. The molecule has 0 N–H and O–H groups in total. The number of para-hydroxylation sites is 1. The highest BCUT2D eigenvalue weighted by Crippen LogP contribution is 2.34. The van der Waals surface area contributed by atoms with Crippen LogP contribution in [0, 0.1) is 0 Å². The fourth-order valence-electron chi connectivity index (χ4n) is 2.84. The van der Waals surface area contributed by atoms with Crippen LogP contribution in [0.3, 0.4) is 0 Å². The average Bonchev–Trinajstić information content (AvgIpc) is 3.08. The van der Waals surface area contributed by atoms with Gasteiger partial charge in [-0.25, -0.2) is 0 Å². The fourth-order valence-corrected chi connectivity index (χ4v) is 2.84. The molecule has 1 saturated heterocycles. The molecule has 0 bridgehead atoms. The van der Waals surface area contributed by atoms with Crippen molar-refractivity contribution in [2.24, 2.45) is 0 Å². The van der Waals surface area contributed by atoms with E-state index >= 15 is 0 Å². The van der Waals surface area contributed by atoms with E-state index in [1.54, 1.807) is 23.1 Å². The predicted molar refractivity (Wildman–Crippen MR) is 90.3 cm³/mol. The van der Waals surface area contributed by atoms with E-state index in [9.17, 15) is 18.0 Å². The Morgan fingerprint density at radius 3 is 2.54 bits per heavy atom. The third-order valence-electron chi connectivity index (χ3n) is 4.06. The lowest BCUT2D eigenvalue weighted by molar-refractivity contribution is -0.274. The van der Waals surface area contributed by atoms with Crippen molar-refractivity contribution >= 4 is 12.0 Å². The van der Waals surface area contributed by atoms with Gasteiger partial charge in [0.25, 0.3) is 0 Å². The lowest BCUT2D eigenvalue weighted by Crippen LogP contribution is -2.34. The van der Waals surface area contributed by atoms with E-state index in [1.807, 2.05) is 0 Å². The maximum Gasteiger partial charge on any atom is 0.573 e. The molecule has 1 aliphatic heterocycles.